The number of amides is 1. The standard InChI is InChI=1S/C22H23F5N2O5/c1-20(32,10-30)15-8-11(6-7-28-15)29-19(31)18-13(9-21(2,34-18)22(25,26)27)12-4-5-14(23)16(24)17(12)33-3/h4-8,13,18,30,32H,9-10H2,1-3H3,(H,28,29,31)/t13-,18+,20?,21+/m1/s1. The minimum atomic E-state index is -4.87. The predicted octanol–water partition coefficient (Wildman–Crippen LogP) is 3.40. The van der Waals surface area contributed by atoms with Gasteiger partial charge in [0.05, 0.1) is 19.4 Å². The highest BCUT2D eigenvalue weighted by molar-refractivity contribution is 5.95. The zero-order valence-corrected chi connectivity index (χ0v) is 18.4. The Hall–Kier alpha value is -2.83. The van der Waals surface area contributed by atoms with E-state index in [4.69, 9.17) is 9.47 Å². The third-order valence-electron chi connectivity index (χ3n) is 5.79. The van der Waals surface area contributed by atoms with E-state index in [9.17, 15) is 37.0 Å². The highest BCUT2D eigenvalue weighted by atomic mass is 19.4. The zero-order chi connectivity index (χ0) is 25.5. The van der Waals surface area contributed by atoms with Crippen molar-refractivity contribution in [3.05, 3.63) is 53.4 Å². The Kier molecular flexibility index (Phi) is 6.89. The Morgan fingerprint density at radius 3 is 2.59 bits per heavy atom. The van der Waals surface area contributed by atoms with E-state index in [-0.39, 0.29) is 16.9 Å². The molecule has 2 aromatic rings. The fourth-order valence-corrected chi connectivity index (χ4v) is 3.77. The lowest BCUT2D eigenvalue weighted by molar-refractivity contribution is -0.261. The minimum absolute atomic E-state index is 0.000838. The molecule has 3 N–H and O–H groups in total. The molecule has 1 saturated heterocycles. The molecular weight excluding hydrogens is 467 g/mol. The summed E-state index contributed by atoms with van der Waals surface area (Å²) in [5.41, 5.74) is -4.59. The van der Waals surface area contributed by atoms with Crippen molar-refractivity contribution in [1.82, 2.24) is 4.98 Å². The maximum atomic E-state index is 14.3. The summed E-state index contributed by atoms with van der Waals surface area (Å²) in [6, 6.07) is 4.34. The first-order valence-corrected chi connectivity index (χ1v) is 10.1. The highest BCUT2D eigenvalue weighted by Gasteiger charge is 2.61. The van der Waals surface area contributed by atoms with Crippen molar-refractivity contribution < 1.29 is 46.4 Å². The summed E-state index contributed by atoms with van der Waals surface area (Å²) in [6.07, 6.45) is -6.15. The van der Waals surface area contributed by atoms with Gasteiger partial charge in [-0.1, -0.05) is 6.07 Å². The lowest BCUT2D eigenvalue weighted by atomic mass is 9.85. The van der Waals surface area contributed by atoms with Crippen LogP contribution in [0.25, 0.3) is 0 Å². The molecule has 1 amide bonds. The second-order valence-corrected chi connectivity index (χ2v) is 8.41. The Labute approximate surface area is 191 Å². The van der Waals surface area contributed by atoms with Crippen molar-refractivity contribution in [2.75, 3.05) is 19.0 Å². The molecule has 7 nitrogen and oxygen atoms in total. The van der Waals surface area contributed by atoms with Gasteiger partial charge in [0.2, 0.25) is 5.82 Å². The first kappa shape index (κ1) is 25.8. The quantitative estimate of drug-likeness (QED) is 0.537. The maximum absolute atomic E-state index is 14.3. The molecule has 12 heteroatoms. The van der Waals surface area contributed by atoms with E-state index < -0.39 is 65.7 Å². The van der Waals surface area contributed by atoms with Crippen LogP contribution in [0.2, 0.25) is 0 Å². The molecule has 1 unspecified atom stereocenters. The summed E-state index contributed by atoms with van der Waals surface area (Å²) in [7, 11) is 1.03. The van der Waals surface area contributed by atoms with E-state index in [1.807, 2.05) is 0 Å². The van der Waals surface area contributed by atoms with E-state index in [1.54, 1.807) is 0 Å². The fraction of sp³-hybridized carbons (Fsp3) is 0.455. The van der Waals surface area contributed by atoms with Crippen LogP contribution >= 0.6 is 0 Å². The van der Waals surface area contributed by atoms with Gasteiger partial charge >= 0.3 is 6.18 Å². The molecule has 0 spiro atoms. The average Bonchev–Trinajstić information content (AvgIpc) is 3.14. The molecule has 0 aliphatic carbocycles. The van der Waals surface area contributed by atoms with Crippen molar-refractivity contribution in [3.8, 4) is 5.75 Å². The van der Waals surface area contributed by atoms with E-state index >= 15 is 0 Å². The molecule has 3 rings (SSSR count). The van der Waals surface area contributed by atoms with Crippen LogP contribution in [-0.4, -0.2) is 52.7 Å². The number of anilines is 1. The van der Waals surface area contributed by atoms with Crippen LogP contribution in [0, 0.1) is 11.6 Å². The number of aliphatic hydroxyl groups excluding tert-OH is 1. The number of alkyl halides is 3. The van der Waals surface area contributed by atoms with Crippen LogP contribution < -0.4 is 10.1 Å². The van der Waals surface area contributed by atoms with E-state index in [2.05, 4.69) is 10.3 Å². The number of nitrogens with zero attached hydrogens (tertiary/aromatic N) is 1. The summed E-state index contributed by atoms with van der Waals surface area (Å²) in [4.78, 5) is 17.0. The number of aromatic nitrogens is 1. The number of benzene rings is 1. The molecule has 1 fully saturated rings. The second-order valence-electron chi connectivity index (χ2n) is 8.41. The van der Waals surface area contributed by atoms with Gasteiger partial charge in [0.15, 0.2) is 17.2 Å². The van der Waals surface area contributed by atoms with Crippen LogP contribution in [0.5, 0.6) is 5.75 Å². The van der Waals surface area contributed by atoms with Gasteiger partial charge in [-0.3, -0.25) is 9.78 Å². The lowest BCUT2D eigenvalue weighted by Gasteiger charge is -2.27. The Balaban J connectivity index is 2.00. The number of halogens is 5. The maximum Gasteiger partial charge on any atom is 0.417 e. The van der Waals surface area contributed by atoms with Crippen LogP contribution in [0.4, 0.5) is 27.6 Å². The summed E-state index contributed by atoms with van der Waals surface area (Å²) >= 11 is 0. The van der Waals surface area contributed by atoms with Gasteiger partial charge in [-0.05, 0) is 38.5 Å². The van der Waals surface area contributed by atoms with Crippen molar-refractivity contribution in [2.24, 2.45) is 0 Å². The highest BCUT2D eigenvalue weighted by Crippen LogP contribution is 2.51. The van der Waals surface area contributed by atoms with Gasteiger partial charge in [0, 0.05) is 23.4 Å². The van der Waals surface area contributed by atoms with E-state index in [1.165, 1.54) is 25.3 Å². The van der Waals surface area contributed by atoms with Gasteiger partial charge in [0.1, 0.15) is 11.7 Å². The number of carbonyl (C=O) groups is 1. The van der Waals surface area contributed by atoms with E-state index in [0.29, 0.717) is 0 Å². The largest absolute Gasteiger partial charge is 0.493 e. The first-order chi connectivity index (χ1) is 15.7. The van der Waals surface area contributed by atoms with Gasteiger partial charge < -0.3 is 25.0 Å². The first-order valence-electron chi connectivity index (χ1n) is 10.1. The lowest BCUT2D eigenvalue weighted by Crippen LogP contribution is -2.43. The number of nitrogens with one attached hydrogen (secondary N) is 1. The molecule has 34 heavy (non-hydrogen) atoms. The summed E-state index contributed by atoms with van der Waals surface area (Å²) in [5, 5.41) is 21.9. The van der Waals surface area contributed by atoms with Crippen molar-refractivity contribution in [1.29, 1.82) is 0 Å². The number of methoxy groups -OCH3 is 1. The zero-order valence-electron chi connectivity index (χ0n) is 18.4. The van der Waals surface area contributed by atoms with Gasteiger partial charge in [0.25, 0.3) is 5.91 Å². The Morgan fingerprint density at radius 2 is 2.00 bits per heavy atom. The van der Waals surface area contributed by atoms with Gasteiger partial charge in [-0.25, -0.2) is 4.39 Å². The fourth-order valence-electron chi connectivity index (χ4n) is 3.77. The molecule has 1 aromatic carbocycles. The third-order valence-corrected chi connectivity index (χ3v) is 5.79. The molecule has 1 aliphatic heterocycles. The van der Waals surface area contributed by atoms with Crippen molar-refractivity contribution >= 4 is 11.6 Å². The average molecular weight is 490 g/mol. The number of aliphatic hydroxyl groups is 2. The number of pyridine rings is 1. The molecule has 4 atom stereocenters. The van der Waals surface area contributed by atoms with Crippen LogP contribution in [-0.2, 0) is 15.1 Å². The predicted molar refractivity (Wildman–Crippen MR) is 109 cm³/mol. The van der Waals surface area contributed by atoms with Crippen molar-refractivity contribution in [3.63, 3.8) is 0 Å². The number of ether oxygens (including phenoxy) is 2. The third kappa shape index (κ3) is 4.70. The van der Waals surface area contributed by atoms with Gasteiger partial charge in [-0.15, -0.1) is 0 Å². The summed E-state index contributed by atoms with van der Waals surface area (Å²) in [5.74, 6) is -5.61. The minimum Gasteiger partial charge on any atom is -0.493 e. The van der Waals surface area contributed by atoms with Crippen LogP contribution in [0.1, 0.15) is 37.4 Å². The summed E-state index contributed by atoms with van der Waals surface area (Å²) < 4.78 is 79.4. The van der Waals surface area contributed by atoms with Crippen LogP contribution in [0.15, 0.2) is 30.5 Å². The molecule has 2 heterocycles. The van der Waals surface area contributed by atoms with E-state index in [0.717, 1.165) is 26.2 Å². The number of hydrogen-bond donors (Lipinski definition) is 3. The molecule has 186 valence electrons. The SMILES string of the molecule is COc1c([C@H]2C[C@@](C)(C(F)(F)F)O[C@@H]2C(=O)Nc2ccnc(C(C)(O)CO)c2)ccc(F)c1F. The molecule has 0 bridgehead atoms. The second kappa shape index (κ2) is 9.08. The topological polar surface area (TPSA) is 101 Å². The molecule has 1 aliphatic rings. The van der Waals surface area contributed by atoms with Crippen LogP contribution in [0.3, 0.4) is 0 Å². The molecule has 1 aromatic heterocycles. The summed E-state index contributed by atoms with van der Waals surface area (Å²) in [6.45, 7) is 1.37. The molecule has 0 radical (unpaired) electrons. The number of hydrogen-bond acceptors (Lipinski definition) is 6. The number of carbonyl (C=O) groups excluding carboxylic acids is 1. The normalized spacial score (nSPS) is 24.5. The number of rotatable bonds is 6. The van der Waals surface area contributed by atoms with Crippen molar-refractivity contribution in [2.45, 2.75) is 49.7 Å². The monoisotopic (exact) mass is 490 g/mol. The van der Waals surface area contributed by atoms with Gasteiger partial charge in [-0.2, -0.15) is 17.6 Å². The molecule has 0 saturated carbocycles. The smallest absolute Gasteiger partial charge is 0.417 e. The Bertz CT molecular complexity index is 1080. The Morgan fingerprint density at radius 1 is 1.32 bits per heavy atom. The molecular formula is C22H23F5N2O5.